The second-order valence-electron chi connectivity index (χ2n) is 7.39. The maximum absolute atomic E-state index is 11.6. The average Bonchev–Trinajstić information content (AvgIpc) is 3.54. The summed E-state index contributed by atoms with van der Waals surface area (Å²) in [7, 11) is 1.33. The Kier molecular flexibility index (Phi) is 9.24. The van der Waals surface area contributed by atoms with E-state index in [2.05, 4.69) is 30.9 Å². The quantitative estimate of drug-likeness (QED) is 0.191. The number of hydrogen-bond acceptors (Lipinski definition) is 8. The predicted octanol–water partition coefficient (Wildman–Crippen LogP) is 8.24. The number of thiazole rings is 2. The van der Waals surface area contributed by atoms with Crippen LogP contribution in [-0.2, 0) is 4.74 Å². The van der Waals surface area contributed by atoms with Gasteiger partial charge >= 0.3 is 11.9 Å². The Bertz CT molecular complexity index is 1610. The van der Waals surface area contributed by atoms with Crippen LogP contribution in [0.4, 0.5) is 0 Å². The Morgan fingerprint density at radius 2 is 1.42 bits per heavy atom. The van der Waals surface area contributed by atoms with E-state index in [0.717, 1.165) is 21.6 Å². The third-order valence-corrected chi connectivity index (χ3v) is 8.09. The molecule has 5 aromatic rings. The highest BCUT2D eigenvalue weighted by molar-refractivity contribution is 9.11. The van der Waals surface area contributed by atoms with Crippen LogP contribution in [0.3, 0.4) is 0 Å². The molecule has 7 nitrogen and oxygen atoms in total. The van der Waals surface area contributed by atoms with Gasteiger partial charge in [-0.2, -0.15) is 0 Å². The molecule has 1 N–H and O–H groups in total. The summed E-state index contributed by atoms with van der Waals surface area (Å²) in [5.41, 5.74) is 2.77. The number of pyridine rings is 1. The van der Waals surface area contributed by atoms with Crippen molar-refractivity contribution in [3.8, 4) is 31.5 Å². The minimum Gasteiger partial charge on any atom is -0.476 e. The third kappa shape index (κ3) is 6.64. The lowest BCUT2D eigenvalue weighted by Gasteiger charge is -2.01. The molecule has 0 fully saturated rings. The zero-order valence-electron chi connectivity index (χ0n) is 19.4. The summed E-state index contributed by atoms with van der Waals surface area (Å²) in [6.07, 6.45) is 3.30. The smallest absolute Gasteiger partial charge is 0.358 e. The summed E-state index contributed by atoms with van der Waals surface area (Å²) in [6.45, 7) is 0. The lowest BCUT2D eigenvalue weighted by Crippen LogP contribution is -2.03. The van der Waals surface area contributed by atoms with E-state index in [9.17, 15) is 14.7 Å². The van der Waals surface area contributed by atoms with E-state index in [1.54, 1.807) is 54.9 Å². The van der Waals surface area contributed by atoms with Gasteiger partial charge in [0.05, 0.1) is 16.9 Å². The lowest BCUT2D eigenvalue weighted by atomic mass is 10.1. The Morgan fingerprint density at radius 3 is 1.95 bits per heavy atom. The summed E-state index contributed by atoms with van der Waals surface area (Å²) in [4.78, 5) is 36.6. The van der Waals surface area contributed by atoms with Gasteiger partial charge in [0.15, 0.2) is 15.3 Å². The molecular weight excluding hydrogens is 633 g/mol. The highest BCUT2D eigenvalue weighted by Crippen LogP contribution is 2.36. The Balaban J connectivity index is 0.000000181. The fraction of sp³-hybridized carbons (Fsp3) is 0.0385. The normalized spacial score (nSPS) is 10.4. The summed E-state index contributed by atoms with van der Waals surface area (Å²) in [5.74, 6) is -1.51. The van der Waals surface area contributed by atoms with Gasteiger partial charge in [0.1, 0.15) is 5.01 Å². The molecule has 2 aromatic carbocycles. The number of halogens is 3. The molecule has 12 heteroatoms. The van der Waals surface area contributed by atoms with Crippen LogP contribution in [0.2, 0.25) is 10.0 Å². The maximum Gasteiger partial charge on any atom is 0.358 e. The molecular formula is C26H16BrCl2N3O4S2. The molecule has 0 saturated heterocycles. The van der Waals surface area contributed by atoms with Gasteiger partial charge in [-0.05, 0) is 63.5 Å². The molecule has 0 aliphatic heterocycles. The van der Waals surface area contributed by atoms with Crippen LogP contribution in [-0.4, -0.2) is 39.1 Å². The fourth-order valence-corrected chi connectivity index (χ4v) is 6.14. The molecule has 0 saturated carbocycles. The first kappa shape index (κ1) is 27.9. The van der Waals surface area contributed by atoms with Crippen molar-refractivity contribution in [1.29, 1.82) is 0 Å². The Morgan fingerprint density at radius 1 is 0.842 bits per heavy atom. The van der Waals surface area contributed by atoms with Crippen molar-refractivity contribution in [3.05, 3.63) is 98.4 Å². The first-order valence-electron chi connectivity index (χ1n) is 10.7. The number of nitrogens with zero attached hydrogens (tertiary/aromatic N) is 3. The van der Waals surface area contributed by atoms with Crippen molar-refractivity contribution in [3.63, 3.8) is 0 Å². The van der Waals surface area contributed by atoms with Crippen molar-refractivity contribution in [1.82, 2.24) is 15.0 Å². The first-order chi connectivity index (χ1) is 18.3. The summed E-state index contributed by atoms with van der Waals surface area (Å²) >= 11 is 17.9. The highest BCUT2D eigenvalue weighted by atomic mass is 79.9. The molecule has 0 spiro atoms. The molecule has 0 amide bonds. The predicted molar refractivity (Wildman–Crippen MR) is 154 cm³/mol. The number of carboxylic acids is 1. The molecule has 0 atom stereocenters. The van der Waals surface area contributed by atoms with E-state index in [1.165, 1.54) is 29.8 Å². The number of benzene rings is 2. The number of aromatic carboxylic acids is 1. The van der Waals surface area contributed by atoms with Crippen LogP contribution < -0.4 is 0 Å². The Labute approximate surface area is 243 Å². The summed E-state index contributed by atoms with van der Waals surface area (Å²) < 4.78 is 5.33. The molecule has 38 heavy (non-hydrogen) atoms. The SMILES string of the molecule is COC(=O)c1nc(Br)sc1-c1cccc(Cl)c1.O=C(O)c1nc(-c2ccncc2)sc1-c1cccc(Cl)c1. The van der Waals surface area contributed by atoms with E-state index < -0.39 is 11.9 Å². The molecule has 0 radical (unpaired) electrons. The summed E-state index contributed by atoms with van der Waals surface area (Å²) in [5, 5.41) is 11.2. The van der Waals surface area contributed by atoms with Crippen LogP contribution >= 0.6 is 61.8 Å². The van der Waals surface area contributed by atoms with Crippen LogP contribution in [0.15, 0.2) is 77.0 Å². The largest absolute Gasteiger partial charge is 0.476 e. The lowest BCUT2D eigenvalue weighted by molar-refractivity contribution is 0.0594. The van der Waals surface area contributed by atoms with Gasteiger partial charge in [-0.3, -0.25) is 4.98 Å². The van der Waals surface area contributed by atoms with Gasteiger partial charge < -0.3 is 9.84 Å². The van der Waals surface area contributed by atoms with Crippen molar-refractivity contribution in [2.45, 2.75) is 0 Å². The van der Waals surface area contributed by atoms with Crippen molar-refractivity contribution in [2.24, 2.45) is 0 Å². The molecule has 0 unspecified atom stereocenters. The minimum absolute atomic E-state index is 0.0362. The molecule has 5 rings (SSSR count). The van der Waals surface area contributed by atoms with E-state index >= 15 is 0 Å². The van der Waals surface area contributed by atoms with E-state index in [1.807, 2.05) is 18.2 Å². The topological polar surface area (TPSA) is 102 Å². The van der Waals surface area contributed by atoms with Gasteiger partial charge in [-0.1, -0.05) is 47.5 Å². The molecule has 0 aliphatic rings. The second-order valence-corrected chi connectivity index (χ2v) is 11.5. The number of carbonyl (C=O) groups excluding carboxylic acids is 1. The number of carbonyl (C=O) groups is 2. The van der Waals surface area contributed by atoms with Gasteiger partial charge in [-0.15, -0.1) is 22.7 Å². The fourth-order valence-electron chi connectivity index (χ4n) is 3.26. The van der Waals surface area contributed by atoms with Crippen LogP contribution in [0.5, 0.6) is 0 Å². The van der Waals surface area contributed by atoms with Gasteiger partial charge in [0.25, 0.3) is 0 Å². The van der Waals surface area contributed by atoms with Gasteiger partial charge in [0, 0.05) is 28.0 Å². The van der Waals surface area contributed by atoms with Crippen LogP contribution in [0.1, 0.15) is 21.0 Å². The van der Waals surface area contributed by atoms with Crippen molar-refractivity contribution >= 4 is 73.7 Å². The molecule has 0 bridgehead atoms. The first-order valence-corrected chi connectivity index (χ1v) is 13.9. The number of carboxylic acid groups (broad SMARTS) is 1. The number of ether oxygens (including phenoxy) is 1. The second kappa shape index (κ2) is 12.6. The molecule has 0 aliphatic carbocycles. The number of esters is 1. The van der Waals surface area contributed by atoms with E-state index in [4.69, 9.17) is 27.9 Å². The molecule has 192 valence electrons. The zero-order valence-corrected chi connectivity index (χ0v) is 24.1. The standard InChI is InChI=1S/C15H9ClN2O2S.C11H7BrClNO2S/c16-11-3-1-2-10(8-11)13-12(15(19)20)18-14(21-13)9-4-6-17-7-5-9;1-16-10(15)8-9(17-11(12)14-8)6-3-2-4-7(13)5-6/h1-8H,(H,19,20);2-5H,1H3. The minimum atomic E-state index is -1.05. The molecule has 3 aromatic heterocycles. The van der Waals surface area contributed by atoms with Crippen LogP contribution in [0, 0.1) is 0 Å². The monoisotopic (exact) mass is 647 g/mol. The Hall–Kier alpha value is -3.15. The van der Waals surface area contributed by atoms with E-state index in [0.29, 0.717) is 29.5 Å². The highest BCUT2D eigenvalue weighted by Gasteiger charge is 2.20. The number of rotatable bonds is 5. The van der Waals surface area contributed by atoms with Gasteiger partial charge in [0.2, 0.25) is 0 Å². The zero-order chi connectivity index (χ0) is 27.2. The maximum atomic E-state index is 11.6. The van der Waals surface area contributed by atoms with Crippen molar-refractivity contribution in [2.75, 3.05) is 7.11 Å². The third-order valence-electron chi connectivity index (χ3n) is 4.91. The van der Waals surface area contributed by atoms with Crippen LogP contribution in [0.25, 0.3) is 31.5 Å². The van der Waals surface area contributed by atoms with Gasteiger partial charge in [-0.25, -0.2) is 19.6 Å². The van der Waals surface area contributed by atoms with E-state index in [-0.39, 0.29) is 5.69 Å². The molecule has 3 heterocycles. The van der Waals surface area contributed by atoms with Crippen molar-refractivity contribution < 1.29 is 19.4 Å². The number of hydrogen-bond donors (Lipinski definition) is 1. The summed E-state index contributed by atoms with van der Waals surface area (Å²) in [6, 6.07) is 17.9. The number of aromatic nitrogens is 3. The number of methoxy groups -OCH3 is 1. The average molecular weight is 649 g/mol.